The topological polar surface area (TPSA) is 58.2 Å². The van der Waals surface area contributed by atoms with Crippen LogP contribution in [0.3, 0.4) is 0 Å². The van der Waals surface area contributed by atoms with Gasteiger partial charge < -0.3 is 10.6 Å². The molecule has 3 rings (SSSR count). The lowest BCUT2D eigenvalue weighted by Gasteiger charge is -2.10. The van der Waals surface area contributed by atoms with E-state index in [1.165, 1.54) is 6.07 Å². The van der Waals surface area contributed by atoms with Crippen molar-refractivity contribution in [2.75, 3.05) is 10.6 Å². The van der Waals surface area contributed by atoms with E-state index in [-0.39, 0.29) is 11.8 Å². The van der Waals surface area contributed by atoms with E-state index in [9.17, 15) is 9.59 Å². The van der Waals surface area contributed by atoms with Crippen LogP contribution in [0.25, 0.3) is 0 Å². The summed E-state index contributed by atoms with van der Waals surface area (Å²) in [6.07, 6.45) is 0. The predicted molar refractivity (Wildman–Crippen MR) is 115 cm³/mol. The van der Waals surface area contributed by atoms with Gasteiger partial charge in [0.25, 0.3) is 11.8 Å². The Morgan fingerprint density at radius 3 is 2.00 bits per heavy atom. The third-order valence-corrected chi connectivity index (χ3v) is 4.96. The SMILES string of the molecule is Cc1ccc(NC(=O)c2ccc(NC(=O)c3ccc(Cl)c(Cl)c3)cc2)c(C)c1. The second-order valence-corrected chi connectivity index (χ2v) is 7.25. The number of halogens is 2. The fourth-order valence-electron chi connectivity index (χ4n) is 2.69. The Morgan fingerprint density at radius 2 is 1.36 bits per heavy atom. The molecule has 0 aliphatic carbocycles. The van der Waals surface area contributed by atoms with Crippen LogP contribution in [0, 0.1) is 13.8 Å². The molecule has 0 aliphatic heterocycles. The monoisotopic (exact) mass is 412 g/mol. The van der Waals surface area contributed by atoms with Crippen LogP contribution in [-0.2, 0) is 0 Å². The Kier molecular flexibility index (Phi) is 6.02. The summed E-state index contributed by atoms with van der Waals surface area (Å²) in [7, 11) is 0. The molecule has 28 heavy (non-hydrogen) atoms. The molecule has 0 spiro atoms. The largest absolute Gasteiger partial charge is 0.322 e. The van der Waals surface area contributed by atoms with E-state index in [1.807, 2.05) is 32.0 Å². The quantitative estimate of drug-likeness (QED) is 0.542. The summed E-state index contributed by atoms with van der Waals surface area (Å²) in [6, 6.07) is 17.2. The number of carbonyl (C=O) groups is 2. The lowest BCUT2D eigenvalue weighted by Crippen LogP contribution is -2.14. The molecule has 6 heteroatoms. The van der Waals surface area contributed by atoms with Gasteiger partial charge in [0.15, 0.2) is 0 Å². The van der Waals surface area contributed by atoms with Crippen LogP contribution in [0.2, 0.25) is 10.0 Å². The molecule has 2 amide bonds. The van der Waals surface area contributed by atoms with Crippen molar-refractivity contribution in [2.24, 2.45) is 0 Å². The summed E-state index contributed by atoms with van der Waals surface area (Å²) in [5.41, 5.74) is 4.36. The minimum absolute atomic E-state index is 0.214. The first kappa shape index (κ1) is 19.9. The molecular formula is C22H18Cl2N2O2. The number of amides is 2. The minimum Gasteiger partial charge on any atom is -0.322 e. The summed E-state index contributed by atoms with van der Waals surface area (Å²) < 4.78 is 0. The molecule has 3 aromatic carbocycles. The maximum absolute atomic E-state index is 12.4. The van der Waals surface area contributed by atoms with E-state index in [0.29, 0.717) is 26.9 Å². The van der Waals surface area contributed by atoms with Crippen molar-refractivity contribution in [2.45, 2.75) is 13.8 Å². The highest BCUT2D eigenvalue weighted by molar-refractivity contribution is 6.42. The smallest absolute Gasteiger partial charge is 0.255 e. The van der Waals surface area contributed by atoms with Crippen LogP contribution in [0.1, 0.15) is 31.8 Å². The first-order chi connectivity index (χ1) is 13.3. The molecule has 0 saturated heterocycles. The van der Waals surface area contributed by atoms with Gasteiger partial charge in [-0.2, -0.15) is 0 Å². The molecule has 0 unspecified atom stereocenters. The number of anilines is 2. The molecule has 0 fully saturated rings. The highest BCUT2D eigenvalue weighted by Crippen LogP contribution is 2.23. The molecule has 0 atom stereocenters. The second kappa shape index (κ2) is 8.46. The second-order valence-electron chi connectivity index (χ2n) is 6.43. The van der Waals surface area contributed by atoms with Crippen molar-refractivity contribution < 1.29 is 9.59 Å². The molecule has 4 nitrogen and oxygen atoms in total. The van der Waals surface area contributed by atoms with E-state index >= 15 is 0 Å². The number of aryl methyl sites for hydroxylation is 2. The molecule has 0 radical (unpaired) electrons. The minimum atomic E-state index is -0.314. The lowest BCUT2D eigenvalue weighted by molar-refractivity contribution is 0.102. The number of benzene rings is 3. The third kappa shape index (κ3) is 4.71. The van der Waals surface area contributed by atoms with Gasteiger partial charge in [0.2, 0.25) is 0 Å². The average molecular weight is 413 g/mol. The van der Waals surface area contributed by atoms with E-state index < -0.39 is 0 Å². The highest BCUT2D eigenvalue weighted by Gasteiger charge is 2.11. The number of carbonyl (C=O) groups excluding carboxylic acids is 2. The Morgan fingerprint density at radius 1 is 0.714 bits per heavy atom. The number of hydrogen-bond donors (Lipinski definition) is 2. The number of rotatable bonds is 4. The molecular weight excluding hydrogens is 395 g/mol. The molecule has 0 saturated carbocycles. The van der Waals surface area contributed by atoms with E-state index in [1.54, 1.807) is 36.4 Å². The van der Waals surface area contributed by atoms with Crippen LogP contribution in [0.15, 0.2) is 60.7 Å². The summed E-state index contributed by atoms with van der Waals surface area (Å²) in [6.45, 7) is 3.95. The van der Waals surface area contributed by atoms with Gasteiger partial charge >= 0.3 is 0 Å². The first-order valence-electron chi connectivity index (χ1n) is 8.58. The van der Waals surface area contributed by atoms with Gasteiger partial charge in [-0.15, -0.1) is 0 Å². The van der Waals surface area contributed by atoms with Gasteiger partial charge in [0, 0.05) is 22.5 Å². The summed E-state index contributed by atoms with van der Waals surface area (Å²) in [5, 5.41) is 6.36. The zero-order valence-corrected chi connectivity index (χ0v) is 16.9. The van der Waals surface area contributed by atoms with Crippen molar-refractivity contribution in [3.05, 3.63) is 93.0 Å². The molecule has 0 heterocycles. The Hall–Kier alpha value is -2.82. The molecule has 3 aromatic rings. The van der Waals surface area contributed by atoms with Gasteiger partial charge in [-0.3, -0.25) is 9.59 Å². The van der Waals surface area contributed by atoms with Crippen molar-refractivity contribution >= 4 is 46.4 Å². The fraction of sp³-hybridized carbons (Fsp3) is 0.0909. The van der Waals surface area contributed by atoms with Gasteiger partial charge in [-0.25, -0.2) is 0 Å². The third-order valence-electron chi connectivity index (χ3n) is 4.22. The molecule has 0 bridgehead atoms. The Balaban J connectivity index is 1.67. The lowest BCUT2D eigenvalue weighted by atomic mass is 10.1. The van der Waals surface area contributed by atoms with Crippen molar-refractivity contribution in [1.82, 2.24) is 0 Å². The van der Waals surface area contributed by atoms with Gasteiger partial charge in [0.1, 0.15) is 0 Å². The normalized spacial score (nSPS) is 10.4. The van der Waals surface area contributed by atoms with Crippen LogP contribution in [0.4, 0.5) is 11.4 Å². The standard InChI is InChI=1S/C22H18Cl2N2O2/c1-13-3-10-20(14(2)11-13)26-21(27)15-4-7-17(8-5-15)25-22(28)16-6-9-18(23)19(24)12-16/h3-12H,1-2H3,(H,25,28)(H,26,27). The molecule has 2 N–H and O–H groups in total. The zero-order chi connectivity index (χ0) is 20.3. The maximum Gasteiger partial charge on any atom is 0.255 e. The Bertz CT molecular complexity index is 1050. The van der Waals surface area contributed by atoms with Crippen molar-refractivity contribution in [1.29, 1.82) is 0 Å². The van der Waals surface area contributed by atoms with Gasteiger partial charge in [0.05, 0.1) is 10.0 Å². The number of nitrogens with one attached hydrogen (secondary N) is 2. The molecule has 0 aromatic heterocycles. The fourth-order valence-corrected chi connectivity index (χ4v) is 2.99. The molecule has 0 aliphatic rings. The predicted octanol–water partition coefficient (Wildman–Crippen LogP) is 6.11. The van der Waals surface area contributed by atoms with Gasteiger partial charge in [-0.1, -0.05) is 40.9 Å². The zero-order valence-electron chi connectivity index (χ0n) is 15.3. The average Bonchev–Trinajstić information content (AvgIpc) is 2.66. The van der Waals surface area contributed by atoms with Crippen LogP contribution < -0.4 is 10.6 Å². The van der Waals surface area contributed by atoms with Crippen molar-refractivity contribution in [3.63, 3.8) is 0 Å². The van der Waals surface area contributed by atoms with Crippen LogP contribution in [0.5, 0.6) is 0 Å². The van der Waals surface area contributed by atoms with Gasteiger partial charge in [-0.05, 0) is 67.9 Å². The first-order valence-corrected chi connectivity index (χ1v) is 9.34. The Labute approximate surface area is 173 Å². The van der Waals surface area contributed by atoms with E-state index in [0.717, 1.165) is 16.8 Å². The summed E-state index contributed by atoms with van der Waals surface area (Å²) in [5.74, 6) is -0.527. The van der Waals surface area contributed by atoms with Crippen LogP contribution in [-0.4, -0.2) is 11.8 Å². The highest BCUT2D eigenvalue weighted by atomic mass is 35.5. The van der Waals surface area contributed by atoms with E-state index in [4.69, 9.17) is 23.2 Å². The summed E-state index contributed by atoms with van der Waals surface area (Å²) >= 11 is 11.8. The summed E-state index contributed by atoms with van der Waals surface area (Å²) in [4.78, 5) is 24.8. The van der Waals surface area contributed by atoms with Crippen molar-refractivity contribution in [3.8, 4) is 0 Å². The maximum atomic E-state index is 12.4. The molecule has 142 valence electrons. The number of hydrogen-bond acceptors (Lipinski definition) is 2. The van der Waals surface area contributed by atoms with E-state index in [2.05, 4.69) is 10.6 Å². The van der Waals surface area contributed by atoms with Crippen LogP contribution >= 0.6 is 23.2 Å².